The lowest BCUT2D eigenvalue weighted by Crippen LogP contribution is -2.20. The molecule has 3 heteroatoms. The van der Waals surface area contributed by atoms with Crippen LogP contribution in [-0.4, -0.2) is 5.91 Å². The number of nitrogens with zero attached hydrogens (tertiary/aromatic N) is 1. The summed E-state index contributed by atoms with van der Waals surface area (Å²) in [5, 5.41) is 11.8. The zero-order valence-electron chi connectivity index (χ0n) is 10.8. The van der Waals surface area contributed by atoms with Crippen LogP contribution in [-0.2, 0) is 10.2 Å². The van der Waals surface area contributed by atoms with E-state index in [1.807, 2.05) is 48.5 Å². The van der Waals surface area contributed by atoms with E-state index >= 15 is 0 Å². The SMILES string of the molecule is N#Cc1ccc([C@H]2C[C@@]23C(=O)Nc2ccccc23)cc1. The summed E-state index contributed by atoms with van der Waals surface area (Å²) < 4.78 is 0. The molecule has 1 N–H and O–H groups in total. The largest absolute Gasteiger partial charge is 0.325 e. The lowest BCUT2D eigenvalue weighted by atomic mass is 9.92. The Balaban J connectivity index is 1.75. The first kappa shape index (κ1) is 11.2. The minimum atomic E-state index is -0.384. The molecule has 2 atom stereocenters. The summed E-state index contributed by atoms with van der Waals surface area (Å²) in [6.45, 7) is 0. The summed E-state index contributed by atoms with van der Waals surface area (Å²) in [5.74, 6) is 0.326. The summed E-state index contributed by atoms with van der Waals surface area (Å²) in [4.78, 5) is 12.4. The first-order valence-corrected chi connectivity index (χ1v) is 6.67. The summed E-state index contributed by atoms with van der Waals surface area (Å²) >= 11 is 0. The van der Waals surface area contributed by atoms with Gasteiger partial charge in [0.25, 0.3) is 0 Å². The highest BCUT2D eigenvalue weighted by Gasteiger charge is 2.64. The van der Waals surface area contributed by atoms with E-state index in [0.717, 1.165) is 23.2 Å². The Kier molecular flexibility index (Phi) is 2.08. The second-order valence-electron chi connectivity index (χ2n) is 5.46. The first-order chi connectivity index (χ1) is 9.75. The van der Waals surface area contributed by atoms with Crippen molar-refractivity contribution in [3.05, 3.63) is 65.2 Å². The monoisotopic (exact) mass is 260 g/mol. The summed E-state index contributed by atoms with van der Waals surface area (Å²) in [7, 11) is 0. The Labute approximate surface area is 116 Å². The fourth-order valence-corrected chi connectivity index (χ4v) is 3.34. The lowest BCUT2D eigenvalue weighted by molar-refractivity contribution is -0.118. The number of nitriles is 1. The Morgan fingerprint density at radius 1 is 1.15 bits per heavy atom. The number of carbonyl (C=O) groups excluding carboxylic acids is 1. The standard InChI is InChI=1S/C17H12N2O/c18-10-11-5-7-12(8-6-11)14-9-17(14)13-3-1-2-4-15(13)19-16(17)20/h1-8,14H,9H2,(H,19,20)/t14-,17+/m1/s1. The highest BCUT2D eigenvalue weighted by atomic mass is 16.2. The molecule has 1 saturated carbocycles. The molecule has 0 aromatic heterocycles. The fraction of sp³-hybridized carbons (Fsp3) is 0.176. The number of carbonyl (C=O) groups is 1. The van der Waals surface area contributed by atoms with Crippen molar-refractivity contribution in [1.29, 1.82) is 5.26 Å². The van der Waals surface area contributed by atoms with Gasteiger partial charge in [-0.3, -0.25) is 4.79 Å². The Morgan fingerprint density at radius 3 is 2.65 bits per heavy atom. The molecule has 0 unspecified atom stereocenters. The maximum atomic E-state index is 12.4. The number of amides is 1. The van der Waals surface area contributed by atoms with Crippen molar-refractivity contribution < 1.29 is 4.79 Å². The molecule has 1 aliphatic heterocycles. The van der Waals surface area contributed by atoms with Crippen LogP contribution in [0.5, 0.6) is 0 Å². The molecule has 20 heavy (non-hydrogen) atoms. The molecule has 1 fully saturated rings. The number of fused-ring (bicyclic) bond motifs is 2. The van der Waals surface area contributed by atoms with Gasteiger partial charge in [-0.2, -0.15) is 5.26 Å². The van der Waals surface area contributed by atoms with E-state index in [2.05, 4.69) is 11.4 Å². The summed E-state index contributed by atoms with van der Waals surface area (Å²) in [5.41, 5.74) is 3.45. The van der Waals surface area contributed by atoms with Crippen molar-refractivity contribution in [1.82, 2.24) is 0 Å². The molecule has 1 spiro atoms. The first-order valence-electron chi connectivity index (χ1n) is 6.67. The van der Waals surface area contributed by atoms with E-state index in [1.54, 1.807) is 0 Å². The van der Waals surface area contributed by atoms with Crippen LogP contribution in [0.1, 0.15) is 29.0 Å². The normalized spacial score (nSPS) is 25.9. The zero-order valence-corrected chi connectivity index (χ0v) is 10.8. The zero-order chi connectivity index (χ0) is 13.7. The fourth-order valence-electron chi connectivity index (χ4n) is 3.34. The molecule has 0 saturated heterocycles. The molecule has 0 bridgehead atoms. The maximum absolute atomic E-state index is 12.4. The van der Waals surface area contributed by atoms with Gasteiger partial charge in [0.15, 0.2) is 0 Å². The van der Waals surface area contributed by atoms with Crippen LogP contribution in [0.4, 0.5) is 5.69 Å². The van der Waals surface area contributed by atoms with Gasteiger partial charge in [-0.15, -0.1) is 0 Å². The van der Waals surface area contributed by atoms with Crippen LogP contribution in [0.15, 0.2) is 48.5 Å². The number of para-hydroxylation sites is 1. The predicted molar refractivity (Wildman–Crippen MR) is 75.3 cm³/mol. The number of anilines is 1. The van der Waals surface area contributed by atoms with E-state index in [1.165, 1.54) is 0 Å². The molecule has 1 aliphatic carbocycles. The van der Waals surface area contributed by atoms with Crippen molar-refractivity contribution in [3.63, 3.8) is 0 Å². The number of nitrogens with one attached hydrogen (secondary N) is 1. The number of benzene rings is 2. The van der Waals surface area contributed by atoms with E-state index in [0.29, 0.717) is 5.56 Å². The third-order valence-electron chi connectivity index (χ3n) is 4.46. The van der Waals surface area contributed by atoms with Gasteiger partial charge in [-0.1, -0.05) is 30.3 Å². The average molecular weight is 260 g/mol. The van der Waals surface area contributed by atoms with Crippen molar-refractivity contribution in [3.8, 4) is 6.07 Å². The van der Waals surface area contributed by atoms with Crippen LogP contribution in [0.2, 0.25) is 0 Å². The molecule has 2 aromatic rings. The molecule has 0 radical (unpaired) electrons. The van der Waals surface area contributed by atoms with Crippen LogP contribution < -0.4 is 5.32 Å². The van der Waals surface area contributed by atoms with Crippen molar-refractivity contribution in [2.24, 2.45) is 0 Å². The third-order valence-corrected chi connectivity index (χ3v) is 4.46. The molecule has 1 heterocycles. The van der Waals surface area contributed by atoms with Crippen LogP contribution in [0.3, 0.4) is 0 Å². The van der Waals surface area contributed by atoms with Crippen LogP contribution >= 0.6 is 0 Å². The Hall–Kier alpha value is -2.60. The second kappa shape index (κ2) is 3.71. The molecular formula is C17H12N2O. The van der Waals surface area contributed by atoms with Gasteiger partial charge in [-0.05, 0) is 35.7 Å². The molecule has 4 rings (SSSR count). The predicted octanol–water partition coefficient (Wildman–Crippen LogP) is 2.94. The molecular weight excluding hydrogens is 248 g/mol. The highest BCUT2D eigenvalue weighted by Crippen LogP contribution is 2.64. The Bertz CT molecular complexity index is 757. The molecule has 2 aliphatic rings. The van der Waals surface area contributed by atoms with E-state index in [9.17, 15) is 4.79 Å². The maximum Gasteiger partial charge on any atom is 0.235 e. The van der Waals surface area contributed by atoms with Crippen molar-refractivity contribution in [2.45, 2.75) is 17.8 Å². The van der Waals surface area contributed by atoms with Crippen molar-refractivity contribution >= 4 is 11.6 Å². The smallest absolute Gasteiger partial charge is 0.235 e. The minimum absolute atomic E-state index is 0.105. The molecule has 1 amide bonds. The highest BCUT2D eigenvalue weighted by molar-refractivity contribution is 6.09. The quantitative estimate of drug-likeness (QED) is 0.857. The second-order valence-corrected chi connectivity index (χ2v) is 5.46. The molecule has 2 aromatic carbocycles. The lowest BCUT2D eigenvalue weighted by Gasteiger charge is -2.08. The average Bonchev–Trinajstić information content (AvgIpc) is 3.18. The number of hydrogen-bond donors (Lipinski definition) is 1. The van der Waals surface area contributed by atoms with Crippen LogP contribution in [0.25, 0.3) is 0 Å². The molecule has 3 nitrogen and oxygen atoms in total. The van der Waals surface area contributed by atoms with Crippen LogP contribution in [0, 0.1) is 11.3 Å². The van der Waals surface area contributed by atoms with Gasteiger partial charge < -0.3 is 5.32 Å². The number of rotatable bonds is 1. The van der Waals surface area contributed by atoms with Crippen molar-refractivity contribution in [2.75, 3.05) is 5.32 Å². The summed E-state index contributed by atoms with van der Waals surface area (Å²) in [6.07, 6.45) is 0.849. The Morgan fingerprint density at radius 2 is 1.90 bits per heavy atom. The van der Waals surface area contributed by atoms with Gasteiger partial charge in [0.1, 0.15) is 0 Å². The van der Waals surface area contributed by atoms with Gasteiger partial charge in [-0.25, -0.2) is 0 Å². The van der Waals surface area contributed by atoms with Gasteiger partial charge in [0.05, 0.1) is 17.0 Å². The van der Waals surface area contributed by atoms with E-state index in [4.69, 9.17) is 5.26 Å². The molecule has 96 valence electrons. The van der Waals surface area contributed by atoms with Gasteiger partial charge in [0, 0.05) is 11.6 Å². The van der Waals surface area contributed by atoms with Gasteiger partial charge in [0.2, 0.25) is 5.91 Å². The summed E-state index contributed by atoms with van der Waals surface area (Å²) in [6, 6.07) is 17.6. The van der Waals surface area contributed by atoms with E-state index in [-0.39, 0.29) is 17.2 Å². The van der Waals surface area contributed by atoms with Gasteiger partial charge >= 0.3 is 0 Å². The number of hydrogen-bond acceptors (Lipinski definition) is 2. The topological polar surface area (TPSA) is 52.9 Å². The van der Waals surface area contributed by atoms with E-state index < -0.39 is 0 Å². The third kappa shape index (κ3) is 1.31. The minimum Gasteiger partial charge on any atom is -0.325 e.